The first kappa shape index (κ1) is 11.6. The molecule has 0 saturated heterocycles. The van der Waals surface area contributed by atoms with Gasteiger partial charge < -0.3 is 0 Å². The molecule has 0 aromatic heterocycles. The third-order valence-corrected chi connectivity index (χ3v) is 3.64. The summed E-state index contributed by atoms with van der Waals surface area (Å²) in [7, 11) is 11.2. The highest BCUT2D eigenvalue weighted by Crippen LogP contribution is 2.05. The Labute approximate surface area is 92.3 Å². The lowest BCUT2D eigenvalue weighted by Crippen LogP contribution is -2.56. The molecule has 0 fully saturated rings. The molecule has 1 rings (SSSR count). The van der Waals surface area contributed by atoms with Gasteiger partial charge in [-0.25, -0.2) is 0 Å². The number of benzene rings is 1. The van der Waals surface area contributed by atoms with E-state index in [1.54, 1.807) is 5.56 Å². The first-order valence-corrected chi connectivity index (χ1v) is 5.44. The van der Waals surface area contributed by atoms with Gasteiger partial charge in [0.2, 0.25) is 0 Å². The molecule has 0 heterocycles. The SMILES string of the molecule is Bc1c(B)c(B)c(C(C)C)c(B)c1B. The first-order chi connectivity index (χ1) is 6.37. The molecule has 0 bridgehead atoms. The van der Waals surface area contributed by atoms with Crippen molar-refractivity contribution in [3.05, 3.63) is 5.56 Å². The lowest BCUT2D eigenvalue weighted by molar-refractivity contribution is 0.881. The minimum absolute atomic E-state index is 0.632. The zero-order valence-corrected chi connectivity index (χ0v) is 10.6. The van der Waals surface area contributed by atoms with E-state index in [0.717, 1.165) is 0 Å². The van der Waals surface area contributed by atoms with Crippen molar-refractivity contribution in [2.45, 2.75) is 19.8 Å². The molecule has 0 saturated carbocycles. The Morgan fingerprint density at radius 3 is 1.21 bits per heavy atom. The topological polar surface area (TPSA) is 0 Å². The summed E-state index contributed by atoms with van der Waals surface area (Å²) in [6.07, 6.45) is 0. The second kappa shape index (κ2) is 3.96. The molecule has 0 aliphatic heterocycles. The summed E-state index contributed by atoms with van der Waals surface area (Å²) in [4.78, 5) is 0. The van der Waals surface area contributed by atoms with Gasteiger partial charge >= 0.3 is 0 Å². The van der Waals surface area contributed by atoms with Crippen LogP contribution in [0.3, 0.4) is 0 Å². The third-order valence-electron chi connectivity index (χ3n) is 3.64. The smallest absolute Gasteiger partial charge is 0.102 e. The van der Waals surface area contributed by atoms with Crippen LogP contribution in [-0.2, 0) is 0 Å². The Balaban J connectivity index is 3.60. The van der Waals surface area contributed by atoms with E-state index >= 15 is 0 Å². The monoisotopic (exact) mass is 180 g/mol. The summed E-state index contributed by atoms with van der Waals surface area (Å²) in [6, 6.07) is 0. The summed E-state index contributed by atoms with van der Waals surface area (Å²) < 4.78 is 0. The van der Waals surface area contributed by atoms with Crippen molar-refractivity contribution in [3.8, 4) is 0 Å². The predicted molar refractivity (Wildman–Crippen MR) is 81.4 cm³/mol. The van der Waals surface area contributed by atoms with E-state index in [1.807, 2.05) is 0 Å². The van der Waals surface area contributed by atoms with Gasteiger partial charge in [0.05, 0.1) is 0 Å². The highest BCUT2D eigenvalue weighted by atomic mass is 14.1. The molecule has 0 aliphatic rings. The highest BCUT2D eigenvalue weighted by Gasteiger charge is 2.12. The summed E-state index contributed by atoms with van der Waals surface area (Å²) in [5.74, 6) is 0.632. The van der Waals surface area contributed by atoms with E-state index in [2.05, 4.69) is 53.1 Å². The lowest BCUT2D eigenvalue weighted by atomic mass is 9.59. The molecule has 0 N–H and O–H groups in total. The quantitative estimate of drug-likeness (QED) is 0.377. The summed E-state index contributed by atoms with van der Waals surface area (Å²) >= 11 is 0. The predicted octanol–water partition coefficient (Wildman–Crippen LogP) is -5.90. The van der Waals surface area contributed by atoms with Crippen molar-refractivity contribution in [1.29, 1.82) is 0 Å². The number of hydrogen-bond donors (Lipinski definition) is 0. The molecule has 0 radical (unpaired) electrons. The van der Waals surface area contributed by atoms with Crippen molar-refractivity contribution in [2.24, 2.45) is 0 Å². The maximum absolute atomic E-state index is 2.28. The van der Waals surface area contributed by atoms with Gasteiger partial charge in [-0.2, -0.15) is 0 Å². The van der Waals surface area contributed by atoms with Crippen LogP contribution in [0, 0.1) is 0 Å². The first-order valence-electron chi connectivity index (χ1n) is 5.44. The Kier molecular flexibility index (Phi) is 3.29. The zero-order chi connectivity index (χ0) is 11.0. The Hall–Kier alpha value is -0.455. The fraction of sp³-hybridized carbons (Fsp3) is 0.333. The van der Waals surface area contributed by atoms with Crippen molar-refractivity contribution >= 4 is 66.5 Å². The van der Waals surface area contributed by atoms with Crippen LogP contribution in [-0.4, -0.2) is 39.2 Å². The van der Waals surface area contributed by atoms with Gasteiger partial charge in [0.25, 0.3) is 0 Å². The maximum atomic E-state index is 2.28. The maximum Gasteiger partial charge on any atom is 0.138 e. The van der Waals surface area contributed by atoms with E-state index in [-0.39, 0.29) is 0 Å². The van der Waals surface area contributed by atoms with Gasteiger partial charge in [0.15, 0.2) is 0 Å². The molecule has 68 valence electrons. The van der Waals surface area contributed by atoms with Gasteiger partial charge in [-0.15, -0.1) is 16.4 Å². The van der Waals surface area contributed by atoms with E-state index in [9.17, 15) is 0 Å². The summed E-state index contributed by atoms with van der Waals surface area (Å²) in [5.41, 5.74) is 8.92. The molecule has 0 atom stereocenters. The van der Waals surface area contributed by atoms with Gasteiger partial charge in [-0.3, -0.25) is 0 Å². The van der Waals surface area contributed by atoms with Crippen LogP contribution >= 0.6 is 0 Å². The van der Waals surface area contributed by atoms with Crippen molar-refractivity contribution in [1.82, 2.24) is 0 Å². The Morgan fingerprint density at radius 2 is 0.929 bits per heavy atom. The zero-order valence-electron chi connectivity index (χ0n) is 10.6. The summed E-state index contributed by atoms with van der Waals surface area (Å²) in [5, 5.41) is 0. The van der Waals surface area contributed by atoms with Crippen molar-refractivity contribution in [3.63, 3.8) is 0 Å². The Bertz CT molecular complexity index is 341. The number of rotatable bonds is 1. The minimum atomic E-state index is 0.632. The molecule has 0 unspecified atom stereocenters. The largest absolute Gasteiger partial charge is 0.138 e. The van der Waals surface area contributed by atoms with Crippen molar-refractivity contribution < 1.29 is 0 Å². The van der Waals surface area contributed by atoms with Crippen LogP contribution in [0.1, 0.15) is 25.3 Å². The van der Waals surface area contributed by atoms with E-state index < -0.39 is 0 Å². The second-order valence-electron chi connectivity index (χ2n) is 4.69. The van der Waals surface area contributed by atoms with Crippen LogP contribution < -0.4 is 27.3 Å². The minimum Gasteiger partial charge on any atom is -0.102 e. The molecule has 0 aliphatic carbocycles. The van der Waals surface area contributed by atoms with Gasteiger partial charge in [-0.1, -0.05) is 30.3 Å². The summed E-state index contributed by atoms with van der Waals surface area (Å²) in [6.45, 7) is 4.56. The molecule has 0 spiro atoms. The Morgan fingerprint density at radius 1 is 0.643 bits per heavy atom. The molecular weight excluding hydrogens is 162 g/mol. The average Bonchev–Trinajstić information content (AvgIpc) is 2.11. The van der Waals surface area contributed by atoms with Crippen molar-refractivity contribution in [2.75, 3.05) is 0 Å². The fourth-order valence-electron chi connectivity index (χ4n) is 2.40. The van der Waals surface area contributed by atoms with E-state index in [0.29, 0.717) is 5.92 Å². The van der Waals surface area contributed by atoms with Crippen LogP contribution in [0.4, 0.5) is 0 Å². The van der Waals surface area contributed by atoms with Gasteiger partial charge in [-0.05, 0) is 5.92 Å². The molecule has 0 nitrogen and oxygen atoms in total. The molecular formula is C9H17B5. The lowest BCUT2D eigenvalue weighted by Gasteiger charge is -2.22. The molecule has 5 heteroatoms. The van der Waals surface area contributed by atoms with E-state index in [1.165, 1.54) is 27.3 Å². The molecule has 1 aromatic rings. The van der Waals surface area contributed by atoms with Crippen LogP contribution in [0.5, 0.6) is 0 Å². The van der Waals surface area contributed by atoms with Crippen LogP contribution in [0.2, 0.25) is 0 Å². The third kappa shape index (κ3) is 1.69. The van der Waals surface area contributed by atoms with Crippen LogP contribution in [0.25, 0.3) is 0 Å². The number of hydrogen-bond acceptors (Lipinski definition) is 0. The molecule has 1 aromatic carbocycles. The highest BCUT2D eigenvalue weighted by molar-refractivity contribution is 6.67. The molecule has 14 heavy (non-hydrogen) atoms. The standard InChI is InChI=1S/C9H17B5/c1-3(2)4-5(10)7(12)9(14)8(13)6(4)11/h3H,10-14H2,1-2H3. The molecule has 0 amide bonds. The van der Waals surface area contributed by atoms with E-state index in [4.69, 9.17) is 0 Å². The van der Waals surface area contributed by atoms with Gasteiger partial charge in [0.1, 0.15) is 39.2 Å². The second-order valence-corrected chi connectivity index (χ2v) is 4.69. The normalized spacial score (nSPS) is 10.8. The fourth-order valence-corrected chi connectivity index (χ4v) is 2.40. The van der Waals surface area contributed by atoms with Gasteiger partial charge in [0, 0.05) is 0 Å². The van der Waals surface area contributed by atoms with Crippen LogP contribution in [0.15, 0.2) is 0 Å². The average molecular weight is 179 g/mol.